The second-order valence-corrected chi connectivity index (χ2v) is 5.20. The van der Waals surface area contributed by atoms with Gasteiger partial charge in [0.1, 0.15) is 0 Å². The number of nitrogens with one attached hydrogen (secondary N) is 1. The zero-order valence-corrected chi connectivity index (χ0v) is 12.1. The highest BCUT2D eigenvalue weighted by atomic mass is 16.1. The molecule has 1 unspecified atom stereocenters. The monoisotopic (exact) mass is 262 g/mol. The SMILES string of the molecule is CCCC(CCN)CNC(=O)Cc1ccc(C)cc1. The molecule has 1 aromatic carbocycles. The molecule has 0 saturated heterocycles. The summed E-state index contributed by atoms with van der Waals surface area (Å²) in [7, 11) is 0. The lowest BCUT2D eigenvalue weighted by molar-refractivity contribution is -0.120. The minimum Gasteiger partial charge on any atom is -0.356 e. The molecule has 3 nitrogen and oxygen atoms in total. The van der Waals surface area contributed by atoms with E-state index >= 15 is 0 Å². The Bertz CT molecular complexity index is 367. The Balaban J connectivity index is 2.35. The Morgan fingerprint density at radius 2 is 1.95 bits per heavy atom. The van der Waals surface area contributed by atoms with Crippen molar-refractivity contribution in [2.24, 2.45) is 11.7 Å². The molecule has 0 aliphatic rings. The molecule has 0 heterocycles. The van der Waals surface area contributed by atoms with E-state index in [0.717, 1.165) is 31.4 Å². The van der Waals surface area contributed by atoms with Crippen LogP contribution in [0.5, 0.6) is 0 Å². The van der Waals surface area contributed by atoms with Crippen LogP contribution in [0.15, 0.2) is 24.3 Å². The molecule has 0 saturated carbocycles. The summed E-state index contributed by atoms with van der Waals surface area (Å²) in [6, 6.07) is 8.10. The number of hydrogen-bond donors (Lipinski definition) is 2. The van der Waals surface area contributed by atoms with Crippen LogP contribution in [-0.2, 0) is 11.2 Å². The lowest BCUT2D eigenvalue weighted by Crippen LogP contribution is -2.31. The minimum atomic E-state index is 0.0991. The van der Waals surface area contributed by atoms with Gasteiger partial charge < -0.3 is 11.1 Å². The fourth-order valence-electron chi connectivity index (χ4n) is 2.20. The smallest absolute Gasteiger partial charge is 0.224 e. The number of nitrogens with two attached hydrogens (primary N) is 1. The summed E-state index contributed by atoms with van der Waals surface area (Å²) >= 11 is 0. The van der Waals surface area contributed by atoms with Gasteiger partial charge in [0.25, 0.3) is 0 Å². The van der Waals surface area contributed by atoms with Crippen LogP contribution in [0.1, 0.15) is 37.3 Å². The molecule has 19 heavy (non-hydrogen) atoms. The third-order valence-corrected chi connectivity index (χ3v) is 3.35. The van der Waals surface area contributed by atoms with Crippen LogP contribution < -0.4 is 11.1 Å². The Hall–Kier alpha value is -1.35. The second kappa shape index (κ2) is 8.70. The molecule has 1 atom stereocenters. The lowest BCUT2D eigenvalue weighted by atomic mass is 10.00. The quantitative estimate of drug-likeness (QED) is 0.756. The van der Waals surface area contributed by atoms with Crippen molar-refractivity contribution >= 4 is 5.91 Å². The molecule has 106 valence electrons. The topological polar surface area (TPSA) is 55.1 Å². The summed E-state index contributed by atoms with van der Waals surface area (Å²) in [5.74, 6) is 0.610. The van der Waals surface area contributed by atoms with Crippen LogP contribution in [0.4, 0.5) is 0 Å². The Morgan fingerprint density at radius 1 is 1.26 bits per heavy atom. The molecule has 0 radical (unpaired) electrons. The highest BCUT2D eigenvalue weighted by molar-refractivity contribution is 5.78. The molecule has 0 aromatic heterocycles. The van der Waals surface area contributed by atoms with Gasteiger partial charge in [0.15, 0.2) is 0 Å². The standard InChI is InChI=1S/C16H26N2O/c1-3-4-15(9-10-17)12-18-16(19)11-14-7-5-13(2)6-8-14/h5-8,15H,3-4,9-12,17H2,1-2H3,(H,18,19). The second-order valence-electron chi connectivity index (χ2n) is 5.20. The first-order chi connectivity index (χ1) is 9.15. The van der Waals surface area contributed by atoms with Crippen molar-refractivity contribution in [1.82, 2.24) is 5.32 Å². The predicted molar refractivity (Wildman–Crippen MR) is 80.0 cm³/mol. The predicted octanol–water partition coefficient (Wildman–Crippen LogP) is 2.42. The zero-order chi connectivity index (χ0) is 14.1. The highest BCUT2D eigenvalue weighted by Gasteiger charge is 2.09. The number of benzene rings is 1. The maximum Gasteiger partial charge on any atom is 0.224 e. The van der Waals surface area contributed by atoms with Gasteiger partial charge in [-0.3, -0.25) is 4.79 Å². The van der Waals surface area contributed by atoms with Crippen molar-refractivity contribution in [3.63, 3.8) is 0 Å². The highest BCUT2D eigenvalue weighted by Crippen LogP contribution is 2.09. The molecule has 1 amide bonds. The van der Waals surface area contributed by atoms with Gasteiger partial charge in [0.05, 0.1) is 6.42 Å². The summed E-state index contributed by atoms with van der Waals surface area (Å²) in [5.41, 5.74) is 7.87. The van der Waals surface area contributed by atoms with Crippen LogP contribution in [0, 0.1) is 12.8 Å². The number of rotatable bonds is 8. The average Bonchev–Trinajstić information content (AvgIpc) is 2.39. The number of hydrogen-bond acceptors (Lipinski definition) is 2. The first-order valence-electron chi connectivity index (χ1n) is 7.18. The maximum absolute atomic E-state index is 11.9. The van der Waals surface area contributed by atoms with Crippen LogP contribution in [0.25, 0.3) is 0 Å². The normalized spacial score (nSPS) is 12.2. The zero-order valence-electron chi connectivity index (χ0n) is 12.1. The van der Waals surface area contributed by atoms with E-state index in [1.54, 1.807) is 0 Å². The Kier molecular flexibility index (Phi) is 7.19. The summed E-state index contributed by atoms with van der Waals surface area (Å²) < 4.78 is 0. The van der Waals surface area contributed by atoms with Crippen molar-refractivity contribution in [2.75, 3.05) is 13.1 Å². The van der Waals surface area contributed by atoms with Gasteiger partial charge in [-0.1, -0.05) is 43.2 Å². The molecule has 3 heteroatoms. The van der Waals surface area contributed by atoms with E-state index in [1.807, 2.05) is 31.2 Å². The van der Waals surface area contributed by atoms with Crippen molar-refractivity contribution in [1.29, 1.82) is 0 Å². The van der Waals surface area contributed by atoms with Gasteiger partial charge in [0.2, 0.25) is 5.91 Å². The summed E-state index contributed by atoms with van der Waals surface area (Å²) in [6.07, 6.45) is 3.71. The first-order valence-corrected chi connectivity index (χ1v) is 7.18. The molecule has 1 rings (SSSR count). The summed E-state index contributed by atoms with van der Waals surface area (Å²) in [6.45, 7) is 5.65. The third-order valence-electron chi connectivity index (χ3n) is 3.35. The Labute approximate surface area is 116 Å². The maximum atomic E-state index is 11.9. The van der Waals surface area contributed by atoms with Crippen LogP contribution in [0.2, 0.25) is 0 Å². The minimum absolute atomic E-state index is 0.0991. The first kappa shape index (κ1) is 15.7. The van der Waals surface area contributed by atoms with Gasteiger partial charge >= 0.3 is 0 Å². The third kappa shape index (κ3) is 6.39. The molecule has 0 aliphatic heterocycles. The number of carbonyl (C=O) groups excluding carboxylic acids is 1. The van der Waals surface area contributed by atoms with Gasteiger partial charge in [0, 0.05) is 6.54 Å². The average molecular weight is 262 g/mol. The van der Waals surface area contributed by atoms with E-state index in [9.17, 15) is 4.79 Å². The molecule has 1 aromatic rings. The van der Waals surface area contributed by atoms with E-state index in [-0.39, 0.29) is 5.91 Å². The molecule has 0 bridgehead atoms. The van der Waals surface area contributed by atoms with E-state index in [4.69, 9.17) is 5.73 Å². The van der Waals surface area contributed by atoms with E-state index < -0.39 is 0 Å². The fourth-order valence-corrected chi connectivity index (χ4v) is 2.20. The van der Waals surface area contributed by atoms with Crippen molar-refractivity contribution in [2.45, 2.75) is 39.5 Å². The molecule has 0 spiro atoms. The van der Waals surface area contributed by atoms with Gasteiger partial charge in [-0.2, -0.15) is 0 Å². The molecule has 0 aliphatic carbocycles. The molecular weight excluding hydrogens is 236 g/mol. The van der Waals surface area contributed by atoms with E-state index in [2.05, 4.69) is 12.2 Å². The van der Waals surface area contributed by atoms with Gasteiger partial charge in [-0.25, -0.2) is 0 Å². The largest absolute Gasteiger partial charge is 0.356 e. The summed E-state index contributed by atoms with van der Waals surface area (Å²) in [4.78, 5) is 11.9. The van der Waals surface area contributed by atoms with Crippen molar-refractivity contribution < 1.29 is 4.79 Å². The van der Waals surface area contributed by atoms with Crippen LogP contribution >= 0.6 is 0 Å². The number of aryl methyl sites for hydroxylation is 1. The molecule has 3 N–H and O–H groups in total. The lowest BCUT2D eigenvalue weighted by Gasteiger charge is -2.15. The summed E-state index contributed by atoms with van der Waals surface area (Å²) in [5, 5.41) is 3.02. The van der Waals surface area contributed by atoms with E-state index in [1.165, 1.54) is 5.56 Å². The van der Waals surface area contributed by atoms with Gasteiger partial charge in [-0.15, -0.1) is 0 Å². The van der Waals surface area contributed by atoms with Gasteiger partial charge in [-0.05, 0) is 37.8 Å². The van der Waals surface area contributed by atoms with Crippen molar-refractivity contribution in [3.05, 3.63) is 35.4 Å². The fraction of sp³-hybridized carbons (Fsp3) is 0.562. The number of carbonyl (C=O) groups is 1. The number of amides is 1. The van der Waals surface area contributed by atoms with Crippen molar-refractivity contribution in [3.8, 4) is 0 Å². The molecule has 0 fully saturated rings. The van der Waals surface area contributed by atoms with Crippen LogP contribution in [-0.4, -0.2) is 19.0 Å². The molecular formula is C16H26N2O. The van der Waals surface area contributed by atoms with E-state index in [0.29, 0.717) is 18.9 Å². The van der Waals surface area contributed by atoms with Crippen LogP contribution in [0.3, 0.4) is 0 Å². The Morgan fingerprint density at radius 3 is 2.53 bits per heavy atom.